The highest BCUT2D eigenvalue weighted by Crippen LogP contribution is 2.34. The standard InChI is InChI=1S/C15H23NO3/c1-11(14-12(17)4-3-5-13(14)18)16-10-15(2)6-8-19-9-7-15/h3-5,11,16-18H,6-10H2,1-2H3. The Bertz CT molecular complexity index is 407. The first kappa shape index (κ1) is 14.2. The maximum Gasteiger partial charge on any atom is 0.124 e. The average molecular weight is 265 g/mol. The first-order valence-corrected chi connectivity index (χ1v) is 6.84. The number of rotatable bonds is 4. The molecule has 1 unspecified atom stereocenters. The van der Waals surface area contributed by atoms with Crippen LogP contribution in [0.25, 0.3) is 0 Å². The molecule has 4 heteroatoms. The fraction of sp³-hybridized carbons (Fsp3) is 0.600. The van der Waals surface area contributed by atoms with E-state index in [1.54, 1.807) is 18.2 Å². The second-order valence-electron chi connectivity index (χ2n) is 5.74. The topological polar surface area (TPSA) is 61.7 Å². The minimum atomic E-state index is -0.0825. The predicted octanol–water partition coefficient (Wildman–Crippen LogP) is 2.57. The lowest BCUT2D eigenvalue weighted by atomic mass is 9.82. The molecular formula is C15H23NO3. The van der Waals surface area contributed by atoms with Gasteiger partial charge in [0.15, 0.2) is 0 Å². The third kappa shape index (κ3) is 3.39. The van der Waals surface area contributed by atoms with Gasteiger partial charge in [-0.2, -0.15) is 0 Å². The van der Waals surface area contributed by atoms with Crippen molar-refractivity contribution in [3.8, 4) is 11.5 Å². The van der Waals surface area contributed by atoms with Gasteiger partial charge in [-0.15, -0.1) is 0 Å². The van der Waals surface area contributed by atoms with Crippen LogP contribution >= 0.6 is 0 Å². The molecule has 0 saturated carbocycles. The number of hydrogen-bond donors (Lipinski definition) is 3. The Morgan fingerprint density at radius 1 is 1.26 bits per heavy atom. The first-order valence-electron chi connectivity index (χ1n) is 6.84. The van der Waals surface area contributed by atoms with Gasteiger partial charge in [0.05, 0.1) is 5.56 Å². The monoisotopic (exact) mass is 265 g/mol. The van der Waals surface area contributed by atoms with Crippen LogP contribution in [0.4, 0.5) is 0 Å². The molecule has 4 nitrogen and oxygen atoms in total. The molecule has 1 aliphatic rings. The SMILES string of the molecule is CC(NCC1(C)CCOCC1)c1c(O)cccc1O. The molecule has 106 valence electrons. The normalized spacial score (nSPS) is 20.1. The van der Waals surface area contributed by atoms with Gasteiger partial charge in [0.1, 0.15) is 11.5 Å². The zero-order valence-electron chi connectivity index (χ0n) is 11.6. The van der Waals surface area contributed by atoms with Gasteiger partial charge >= 0.3 is 0 Å². The number of nitrogens with one attached hydrogen (secondary N) is 1. The smallest absolute Gasteiger partial charge is 0.124 e. The number of benzene rings is 1. The minimum Gasteiger partial charge on any atom is -0.507 e. The molecule has 1 aromatic carbocycles. The Balaban J connectivity index is 1.99. The van der Waals surface area contributed by atoms with Crippen LogP contribution in [-0.2, 0) is 4.74 Å². The van der Waals surface area contributed by atoms with Gasteiger partial charge in [-0.1, -0.05) is 13.0 Å². The fourth-order valence-electron chi connectivity index (χ4n) is 2.53. The van der Waals surface area contributed by atoms with Crippen molar-refractivity contribution in [3.05, 3.63) is 23.8 Å². The van der Waals surface area contributed by atoms with E-state index in [2.05, 4.69) is 12.2 Å². The highest BCUT2D eigenvalue weighted by Gasteiger charge is 2.28. The maximum atomic E-state index is 9.84. The molecule has 19 heavy (non-hydrogen) atoms. The number of phenolic OH excluding ortho intramolecular Hbond substituents is 2. The zero-order chi connectivity index (χ0) is 13.9. The number of aromatic hydroxyl groups is 2. The second-order valence-corrected chi connectivity index (χ2v) is 5.74. The summed E-state index contributed by atoms with van der Waals surface area (Å²) in [4.78, 5) is 0. The largest absolute Gasteiger partial charge is 0.507 e. The molecule has 1 aromatic rings. The molecule has 0 amide bonds. The van der Waals surface area contributed by atoms with Crippen LogP contribution in [0.5, 0.6) is 11.5 Å². The molecule has 1 fully saturated rings. The molecule has 1 heterocycles. The molecule has 1 saturated heterocycles. The van der Waals surface area contributed by atoms with Gasteiger partial charge < -0.3 is 20.3 Å². The van der Waals surface area contributed by atoms with Crippen molar-refractivity contribution in [2.24, 2.45) is 5.41 Å². The van der Waals surface area contributed by atoms with E-state index in [4.69, 9.17) is 4.74 Å². The van der Waals surface area contributed by atoms with Crippen molar-refractivity contribution in [2.75, 3.05) is 19.8 Å². The lowest BCUT2D eigenvalue weighted by Gasteiger charge is -2.35. The van der Waals surface area contributed by atoms with Gasteiger partial charge in [-0.05, 0) is 37.3 Å². The number of hydrogen-bond acceptors (Lipinski definition) is 4. The molecule has 0 aliphatic carbocycles. The van der Waals surface area contributed by atoms with Crippen molar-refractivity contribution < 1.29 is 14.9 Å². The molecule has 0 bridgehead atoms. The van der Waals surface area contributed by atoms with E-state index in [1.165, 1.54) is 0 Å². The molecule has 2 rings (SSSR count). The van der Waals surface area contributed by atoms with E-state index < -0.39 is 0 Å². The molecule has 1 aliphatic heterocycles. The summed E-state index contributed by atoms with van der Waals surface area (Å²) in [5.41, 5.74) is 0.796. The minimum absolute atomic E-state index is 0.0825. The highest BCUT2D eigenvalue weighted by atomic mass is 16.5. The van der Waals surface area contributed by atoms with Crippen LogP contribution in [0, 0.1) is 5.41 Å². The van der Waals surface area contributed by atoms with Crippen LogP contribution in [0.15, 0.2) is 18.2 Å². The quantitative estimate of drug-likeness (QED) is 0.783. The van der Waals surface area contributed by atoms with E-state index in [9.17, 15) is 10.2 Å². The predicted molar refractivity (Wildman–Crippen MR) is 74.3 cm³/mol. The summed E-state index contributed by atoms with van der Waals surface area (Å²) in [7, 11) is 0. The van der Waals surface area contributed by atoms with Gasteiger partial charge in [-0.25, -0.2) is 0 Å². The highest BCUT2D eigenvalue weighted by molar-refractivity contribution is 5.44. The molecule has 0 radical (unpaired) electrons. The van der Waals surface area contributed by atoms with Crippen LogP contribution < -0.4 is 5.32 Å². The van der Waals surface area contributed by atoms with Crippen molar-refractivity contribution >= 4 is 0 Å². The van der Waals surface area contributed by atoms with Crippen LogP contribution in [-0.4, -0.2) is 30.0 Å². The van der Waals surface area contributed by atoms with Gasteiger partial charge in [-0.3, -0.25) is 0 Å². The van der Waals surface area contributed by atoms with Crippen molar-refractivity contribution in [1.82, 2.24) is 5.32 Å². The Morgan fingerprint density at radius 2 is 1.84 bits per heavy atom. The second kappa shape index (κ2) is 5.80. The Hall–Kier alpha value is -1.26. The third-order valence-corrected chi connectivity index (χ3v) is 4.03. The first-order chi connectivity index (χ1) is 9.02. The van der Waals surface area contributed by atoms with Gasteiger partial charge in [0.25, 0.3) is 0 Å². The summed E-state index contributed by atoms with van der Waals surface area (Å²) in [6.45, 7) is 6.69. The maximum absolute atomic E-state index is 9.84. The van der Waals surface area contributed by atoms with E-state index >= 15 is 0 Å². The molecular weight excluding hydrogens is 242 g/mol. The lowest BCUT2D eigenvalue weighted by Crippen LogP contribution is -2.37. The van der Waals surface area contributed by atoms with E-state index in [0.29, 0.717) is 5.56 Å². The summed E-state index contributed by atoms with van der Waals surface area (Å²) in [5.74, 6) is 0.272. The lowest BCUT2D eigenvalue weighted by molar-refractivity contribution is 0.0230. The van der Waals surface area contributed by atoms with Crippen molar-refractivity contribution in [1.29, 1.82) is 0 Å². The number of ether oxygens (including phenoxy) is 1. The summed E-state index contributed by atoms with van der Waals surface area (Å²) in [6.07, 6.45) is 2.08. The molecule has 3 N–H and O–H groups in total. The van der Waals surface area contributed by atoms with Crippen molar-refractivity contribution in [2.45, 2.75) is 32.7 Å². The van der Waals surface area contributed by atoms with Crippen molar-refractivity contribution in [3.63, 3.8) is 0 Å². The fourth-order valence-corrected chi connectivity index (χ4v) is 2.53. The van der Waals surface area contributed by atoms with Gasteiger partial charge in [0, 0.05) is 25.8 Å². The molecule has 0 aromatic heterocycles. The van der Waals surface area contributed by atoms with Crippen LogP contribution in [0.2, 0.25) is 0 Å². The summed E-state index contributed by atoms with van der Waals surface area (Å²) in [5, 5.41) is 23.1. The summed E-state index contributed by atoms with van der Waals surface area (Å²) < 4.78 is 5.39. The third-order valence-electron chi connectivity index (χ3n) is 4.03. The summed E-state index contributed by atoms with van der Waals surface area (Å²) in [6, 6.07) is 4.76. The van der Waals surface area contributed by atoms with Crippen LogP contribution in [0.3, 0.4) is 0 Å². The Labute approximate surface area is 114 Å². The van der Waals surface area contributed by atoms with E-state index in [0.717, 1.165) is 32.6 Å². The molecule has 1 atom stereocenters. The van der Waals surface area contributed by atoms with E-state index in [-0.39, 0.29) is 23.0 Å². The summed E-state index contributed by atoms with van der Waals surface area (Å²) >= 11 is 0. The molecule has 0 spiro atoms. The Morgan fingerprint density at radius 3 is 2.42 bits per heavy atom. The zero-order valence-corrected chi connectivity index (χ0v) is 11.6. The number of phenols is 2. The van der Waals surface area contributed by atoms with Crippen LogP contribution in [0.1, 0.15) is 38.3 Å². The van der Waals surface area contributed by atoms with Gasteiger partial charge in [0.2, 0.25) is 0 Å². The average Bonchev–Trinajstić information content (AvgIpc) is 2.37. The Kier molecular flexibility index (Phi) is 4.32. The van der Waals surface area contributed by atoms with E-state index in [1.807, 2.05) is 6.92 Å².